The molecule has 0 N–H and O–H groups in total. The first kappa shape index (κ1) is 18.2. The summed E-state index contributed by atoms with van der Waals surface area (Å²) in [6.07, 6.45) is 1.12. The number of rotatable bonds is 7. The van der Waals surface area contributed by atoms with Crippen LogP contribution >= 0.6 is 11.8 Å². The lowest BCUT2D eigenvalue weighted by Crippen LogP contribution is -2.11. The number of ether oxygens (including phenoxy) is 1. The smallest absolute Gasteiger partial charge is 0.316 e. The summed E-state index contributed by atoms with van der Waals surface area (Å²) in [4.78, 5) is 12.1. The van der Waals surface area contributed by atoms with Crippen molar-refractivity contribution in [3.8, 4) is 11.6 Å². The van der Waals surface area contributed by atoms with Crippen molar-refractivity contribution in [3.63, 3.8) is 0 Å². The maximum absolute atomic E-state index is 13.0. The van der Waals surface area contributed by atoms with E-state index in [2.05, 4.69) is 10.2 Å². The summed E-state index contributed by atoms with van der Waals surface area (Å²) in [5, 5.41) is 8.88. The zero-order valence-electron chi connectivity index (χ0n) is 14.4. The molecular formula is C18H18FN3O3S. The molecular weight excluding hydrogens is 357 g/mol. The summed E-state index contributed by atoms with van der Waals surface area (Å²) in [5.41, 5.74) is 0.738. The number of nitrogens with zero attached hydrogens (tertiary/aromatic N) is 3. The Morgan fingerprint density at radius 2 is 2.08 bits per heavy atom. The van der Waals surface area contributed by atoms with E-state index in [0.29, 0.717) is 23.3 Å². The zero-order valence-corrected chi connectivity index (χ0v) is 15.2. The highest BCUT2D eigenvalue weighted by atomic mass is 32.2. The highest BCUT2D eigenvalue weighted by Crippen LogP contribution is 2.25. The van der Waals surface area contributed by atoms with Crippen LogP contribution in [0.4, 0.5) is 4.39 Å². The van der Waals surface area contributed by atoms with Gasteiger partial charge in [0, 0.05) is 6.54 Å². The maximum Gasteiger partial charge on any atom is 0.316 e. The quantitative estimate of drug-likeness (QED) is 0.457. The summed E-state index contributed by atoms with van der Waals surface area (Å²) in [5.74, 6) is 0.639. The van der Waals surface area contributed by atoms with E-state index >= 15 is 0 Å². The zero-order chi connectivity index (χ0) is 18.5. The lowest BCUT2D eigenvalue weighted by atomic mass is 10.1. The second-order valence-electron chi connectivity index (χ2n) is 5.50. The average molecular weight is 375 g/mol. The van der Waals surface area contributed by atoms with E-state index in [1.807, 2.05) is 17.6 Å². The first-order valence-corrected chi connectivity index (χ1v) is 9.12. The number of carbonyl (C=O) groups excluding carboxylic acids is 1. The van der Waals surface area contributed by atoms with E-state index in [-0.39, 0.29) is 17.5 Å². The molecule has 136 valence electrons. The van der Waals surface area contributed by atoms with Gasteiger partial charge in [-0.2, -0.15) is 0 Å². The van der Waals surface area contributed by atoms with Crippen LogP contribution in [0.15, 0.2) is 52.2 Å². The van der Waals surface area contributed by atoms with Gasteiger partial charge >= 0.3 is 5.97 Å². The van der Waals surface area contributed by atoms with Gasteiger partial charge in [-0.3, -0.25) is 9.36 Å². The van der Waals surface area contributed by atoms with Crippen LogP contribution in [-0.4, -0.2) is 26.5 Å². The van der Waals surface area contributed by atoms with Crippen molar-refractivity contribution in [2.45, 2.75) is 31.7 Å². The van der Waals surface area contributed by atoms with Gasteiger partial charge < -0.3 is 9.15 Å². The van der Waals surface area contributed by atoms with E-state index in [9.17, 15) is 9.18 Å². The Balaban J connectivity index is 1.60. The van der Waals surface area contributed by atoms with Crippen molar-refractivity contribution in [3.05, 3.63) is 54.0 Å². The van der Waals surface area contributed by atoms with Gasteiger partial charge in [0.05, 0.1) is 12.0 Å². The topological polar surface area (TPSA) is 70.2 Å². The second kappa shape index (κ2) is 8.18. The molecule has 6 nitrogen and oxygen atoms in total. The van der Waals surface area contributed by atoms with Gasteiger partial charge in [0.2, 0.25) is 0 Å². The molecule has 2 aromatic heterocycles. The van der Waals surface area contributed by atoms with Gasteiger partial charge in [0.15, 0.2) is 16.7 Å². The maximum atomic E-state index is 13.0. The molecule has 0 fully saturated rings. The molecule has 0 bridgehead atoms. The number of hydrogen-bond donors (Lipinski definition) is 0. The van der Waals surface area contributed by atoms with E-state index in [1.165, 1.54) is 23.9 Å². The number of benzene rings is 1. The molecule has 2 heterocycles. The van der Waals surface area contributed by atoms with Crippen LogP contribution < -0.4 is 0 Å². The molecule has 0 aliphatic rings. The predicted octanol–water partition coefficient (Wildman–Crippen LogP) is 4.09. The Morgan fingerprint density at radius 3 is 2.73 bits per heavy atom. The second-order valence-corrected chi connectivity index (χ2v) is 6.44. The Labute approximate surface area is 154 Å². The third-order valence-electron chi connectivity index (χ3n) is 3.74. The standard InChI is InChI=1S/C18H18FN3O3S/c1-3-22-17(15-5-4-10-24-15)20-21-18(22)26-11-16(23)25-12(2)13-6-8-14(19)9-7-13/h4-10,12H,3,11H2,1-2H3/t12-/m0/s1. The van der Waals surface area contributed by atoms with Crippen molar-refractivity contribution >= 4 is 17.7 Å². The number of esters is 1. The van der Waals surface area contributed by atoms with E-state index < -0.39 is 6.10 Å². The molecule has 1 aromatic carbocycles. The van der Waals surface area contributed by atoms with E-state index in [4.69, 9.17) is 9.15 Å². The number of aromatic nitrogens is 3. The van der Waals surface area contributed by atoms with Crippen molar-refractivity contribution < 1.29 is 18.3 Å². The minimum Gasteiger partial charge on any atom is -0.461 e. The van der Waals surface area contributed by atoms with Crippen molar-refractivity contribution in [2.24, 2.45) is 0 Å². The fourth-order valence-electron chi connectivity index (χ4n) is 2.43. The molecule has 3 rings (SSSR count). The lowest BCUT2D eigenvalue weighted by molar-refractivity contribution is -0.145. The summed E-state index contributed by atoms with van der Waals surface area (Å²) >= 11 is 1.25. The molecule has 0 aliphatic heterocycles. The Bertz CT molecular complexity index is 862. The largest absolute Gasteiger partial charge is 0.461 e. The normalized spacial score (nSPS) is 12.1. The minimum atomic E-state index is -0.452. The van der Waals surface area contributed by atoms with Crippen molar-refractivity contribution in [1.29, 1.82) is 0 Å². The molecule has 3 aromatic rings. The molecule has 0 amide bonds. The van der Waals surface area contributed by atoms with Crippen molar-refractivity contribution in [2.75, 3.05) is 5.75 Å². The van der Waals surface area contributed by atoms with Crippen LogP contribution in [0, 0.1) is 5.82 Å². The Kier molecular flexibility index (Phi) is 5.72. The highest BCUT2D eigenvalue weighted by molar-refractivity contribution is 7.99. The van der Waals surface area contributed by atoms with Gasteiger partial charge in [-0.1, -0.05) is 23.9 Å². The van der Waals surface area contributed by atoms with Crippen LogP contribution in [0.3, 0.4) is 0 Å². The van der Waals surface area contributed by atoms with Gasteiger partial charge in [0.1, 0.15) is 11.9 Å². The fraction of sp³-hybridized carbons (Fsp3) is 0.278. The average Bonchev–Trinajstić information content (AvgIpc) is 3.29. The Morgan fingerprint density at radius 1 is 1.31 bits per heavy atom. The summed E-state index contributed by atoms with van der Waals surface area (Å²) < 4.78 is 25.6. The minimum absolute atomic E-state index is 0.0990. The van der Waals surface area contributed by atoms with E-state index in [0.717, 1.165) is 5.56 Å². The van der Waals surface area contributed by atoms with Crippen LogP contribution in [0.5, 0.6) is 0 Å². The molecule has 0 aliphatic carbocycles. The SMILES string of the molecule is CCn1c(SCC(=O)O[C@@H](C)c2ccc(F)cc2)nnc1-c1ccco1. The number of hydrogen-bond acceptors (Lipinski definition) is 6. The predicted molar refractivity (Wildman–Crippen MR) is 95.0 cm³/mol. The Hall–Kier alpha value is -2.61. The molecule has 1 atom stereocenters. The number of furan rings is 1. The number of thioether (sulfide) groups is 1. The third kappa shape index (κ3) is 4.13. The van der Waals surface area contributed by atoms with Crippen LogP contribution in [0.1, 0.15) is 25.5 Å². The van der Waals surface area contributed by atoms with Gasteiger partial charge in [0.25, 0.3) is 0 Å². The summed E-state index contributed by atoms with van der Waals surface area (Å²) in [6, 6.07) is 9.48. The summed E-state index contributed by atoms with van der Waals surface area (Å²) in [7, 11) is 0. The van der Waals surface area contributed by atoms with Crippen LogP contribution in [-0.2, 0) is 16.1 Å². The molecule has 0 saturated carbocycles. The molecule has 26 heavy (non-hydrogen) atoms. The van der Waals surface area contributed by atoms with Crippen LogP contribution in [0.25, 0.3) is 11.6 Å². The number of carbonyl (C=O) groups is 1. The van der Waals surface area contributed by atoms with Crippen LogP contribution in [0.2, 0.25) is 0 Å². The highest BCUT2D eigenvalue weighted by Gasteiger charge is 2.18. The van der Waals surface area contributed by atoms with Crippen molar-refractivity contribution in [1.82, 2.24) is 14.8 Å². The molecule has 0 spiro atoms. The summed E-state index contributed by atoms with van der Waals surface area (Å²) in [6.45, 7) is 4.36. The first-order valence-electron chi connectivity index (χ1n) is 8.13. The molecule has 8 heteroatoms. The number of halogens is 1. The van der Waals surface area contributed by atoms with E-state index in [1.54, 1.807) is 31.4 Å². The monoisotopic (exact) mass is 375 g/mol. The van der Waals surface area contributed by atoms with Gasteiger partial charge in [-0.25, -0.2) is 4.39 Å². The molecule has 0 saturated heterocycles. The molecule has 0 radical (unpaired) electrons. The lowest BCUT2D eigenvalue weighted by Gasteiger charge is -2.13. The fourth-order valence-corrected chi connectivity index (χ4v) is 3.21. The first-order chi connectivity index (χ1) is 12.6. The third-order valence-corrected chi connectivity index (χ3v) is 4.68. The van der Waals surface area contributed by atoms with Gasteiger partial charge in [-0.15, -0.1) is 10.2 Å². The molecule has 0 unspecified atom stereocenters. The van der Waals surface area contributed by atoms with Gasteiger partial charge in [-0.05, 0) is 43.7 Å².